The molecule has 1 aromatic carbocycles. The Labute approximate surface area is 120 Å². The Hall–Kier alpha value is -1.59. The summed E-state index contributed by atoms with van der Waals surface area (Å²) in [5.41, 5.74) is 2.24. The molecule has 20 heavy (non-hydrogen) atoms. The maximum atomic E-state index is 12.0. The van der Waals surface area contributed by atoms with E-state index >= 15 is 0 Å². The van der Waals surface area contributed by atoms with Crippen molar-refractivity contribution in [2.24, 2.45) is 0 Å². The summed E-state index contributed by atoms with van der Waals surface area (Å²) >= 11 is 0. The van der Waals surface area contributed by atoms with Crippen molar-refractivity contribution in [3.63, 3.8) is 0 Å². The first kappa shape index (κ1) is 16.5. The van der Waals surface area contributed by atoms with Gasteiger partial charge < -0.3 is 20.0 Å². The number of aliphatic hydroxyl groups is 2. The standard InChI is InChI=1S/C15H24N2O3/c1-16(2)14-6-3-13(4-7-14)5-8-15(20)17(9-11-18)10-12-19/h3-4,6-7,18-19H,5,8-12H2,1-2H3. The minimum absolute atomic E-state index is 0.0372. The number of carbonyl (C=O) groups is 1. The summed E-state index contributed by atoms with van der Waals surface area (Å²) in [6.45, 7) is 0.393. The number of aliphatic hydroxyl groups excluding tert-OH is 2. The van der Waals surface area contributed by atoms with Crippen LogP contribution in [-0.4, -0.2) is 61.4 Å². The van der Waals surface area contributed by atoms with Crippen LogP contribution in [0.2, 0.25) is 0 Å². The molecule has 0 spiro atoms. The lowest BCUT2D eigenvalue weighted by Crippen LogP contribution is -2.35. The lowest BCUT2D eigenvalue weighted by atomic mass is 10.1. The van der Waals surface area contributed by atoms with Crippen LogP contribution in [0, 0.1) is 0 Å². The van der Waals surface area contributed by atoms with Crippen LogP contribution in [0.5, 0.6) is 0 Å². The van der Waals surface area contributed by atoms with Crippen LogP contribution in [0.25, 0.3) is 0 Å². The molecule has 112 valence electrons. The fourth-order valence-corrected chi connectivity index (χ4v) is 1.97. The highest BCUT2D eigenvalue weighted by molar-refractivity contribution is 5.76. The minimum atomic E-state index is -0.0801. The predicted molar refractivity (Wildman–Crippen MR) is 79.8 cm³/mol. The van der Waals surface area contributed by atoms with E-state index in [-0.39, 0.29) is 32.2 Å². The van der Waals surface area contributed by atoms with E-state index in [1.165, 1.54) is 4.90 Å². The maximum Gasteiger partial charge on any atom is 0.223 e. The van der Waals surface area contributed by atoms with E-state index in [4.69, 9.17) is 10.2 Å². The first-order valence-corrected chi connectivity index (χ1v) is 6.84. The molecule has 1 aromatic rings. The third-order valence-corrected chi connectivity index (χ3v) is 3.17. The molecule has 0 atom stereocenters. The van der Waals surface area contributed by atoms with E-state index < -0.39 is 0 Å². The number of benzene rings is 1. The van der Waals surface area contributed by atoms with Crippen molar-refractivity contribution in [2.75, 3.05) is 45.3 Å². The van der Waals surface area contributed by atoms with Gasteiger partial charge in [-0.2, -0.15) is 0 Å². The van der Waals surface area contributed by atoms with E-state index in [1.807, 2.05) is 43.3 Å². The quantitative estimate of drug-likeness (QED) is 0.728. The topological polar surface area (TPSA) is 64.0 Å². The predicted octanol–water partition coefficient (Wildman–Crippen LogP) is 0.498. The smallest absolute Gasteiger partial charge is 0.223 e. The molecule has 0 radical (unpaired) electrons. The van der Waals surface area contributed by atoms with E-state index in [9.17, 15) is 4.79 Å². The number of carbonyl (C=O) groups excluding carboxylic acids is 1. The Kier molecular flexibility index (Phi) is 7.04. The van der Waals surface area contributed by atoms with Gasteiger partial charge in [0, 0.05) is 39.3 Å². The summed E-state index contributed by atoms with van der Waals surface area (Å²) in [4.78, 5) is 15.5. The second-order valence-electron chi connectivity index (χ2n) is 4.89. The molecule has 1 amide bonds. The van der Waals surface area contributed by atoms with Gasteiger partial charge in [0.1, 0.15) is 0 Å². The molecule has 0 aliphatic heterocycles. The van der Waals surface area contributed by atoms with Gasteiger partial charge in [-0.05, 0) is 24.1 Å². The Balaban J connectivity index is 2.50. The van der Waals surface area contributed by atoms with Gasteiger partial charge >= 0.3 is 0 Å². The molecule has 5 heteroatoms. The lowest BCUT2D eigenvalue weighted by Gasteiger charge is -2.20. The van der Waals surface area contributed by atoms with Gasteiger partial charge in [0.2, 0.25) is 5.91 Å². The van der Waals surface area contributed by atoms with Crippen molar-refractivity contribution in [3.05, 3.63) is 29.8 Å². The molecule has 0 saturated carbocycles. The Morgan fingerprint density at radius 1 is 1.05 bits per heavy atom. The van der Waals surface area contributed by atoms with Gasteiger partial charge in [-0.25, -0.2) is 0 Å². The molecular weight excluding hydrogens is 256 g/mol. The molecule has 1 rings (SSSR count). The second-order valence-corrected chi connectivity index (χ2v) is 4.89. The number of rotatable bonds is 8. The number of anilines is 1. The maximum absolute atomic E-state index is 12.0. The monoisotopic (exact) mass is 280 g/mol. The third-order valence-electron chi connectivity index (χ3n) is 3.17. The molecule has 0 bridgehead atoms. The largest absolute Gasteiger partial charge is 0.395 e. The average Bonchev–Trinajstić information content (AvgIpc) is 2.45. The summed E-state index contributed by atoms with van der Waals surface area (Å²) < 4.78 is 0. The molecule has 0 saturated heterocycles. The van der Waals surface area contributed by atoms with Gasteiger partial charge in [-0.3, -0.25) is 4.79 Å². The number of hydrogen-bond donors (Lipinski definition) is 2. The zero-order chi connectivity index (χ0) is 15.0. The van der Waals surface area contributed by atoms with Gasteiger partial charge in [-0.1, -0.05) is 12.1 Å². The molecule has 5 nitrogen and oxygen atoms in total. The number of amides is 1. The highest BCUT2D eigenvalue weighted by atomic mass is 16.3. The Morgan fingerprint density at radius 2 is 1.60 bits per heavy atom. The number of nitrogens with zero attached hydrogens (tertiary/aromatic N) is 2. The summed E-state index contributed by atoms with van der Waals surface area (Å²) in [6.07, 6.45) is 1.06. The lowest BCUT2D eigenvalue weighted by molar-refractivity contribution is -0.132. The minimum Gasteiger partial charge on any atom is -0.395 e. The highest BCUT2D eigenvalue weighted by Gasteiger charge is 2.12. The third kappa shape index (κ3) is 5.19. The SMILES string of the molecule is CN(C)c1ccc(CCC(=O)N(CCO)CCO)cc1. The Morgan fingerprint density at radius 3 is 2.05 bits per heavy atom. The summed E-state index contributed by atoms with van der Waals surface area (Å²) in [6, 6.07) is 8.09. The fourth-order valence-electron chi connectivity index (χ4n) is 1.97. The molecule has 0 fully saturated rings. The normalized spacial score (nSPS) is 10.4. The van der Waals surface area contributed by atoms with E-state index in [0.29, 0.717) is 12.8 Å². The molecule has 0 heterocycles. The van der Waals surface area contributed by atoms with Crippen LogP contribution in [0.1, 0.15) is 12.0 Å². The summed E-state index contributed by atoms with van der Waals surface area (Å²) in [5.74, 6) is -0.0372. The van der Waals surface area contributed by atoms with Crippen LogP contribution in [-0.2, 0) is 11.2 Å². The van der Waals surface area contributed by atoms with Crippen molar-refractivity contribution in [3.8, 4) is 0 Å². The van der Waals surface area contributed by atoms with Crippen molar-refractivity contribution >= 4 is 11.6 Å². The zero-order valence-electron chi connectivity index (χ0n) is 12.2. The second kappa shape index (κ2) is 8.55. The van der Waals surface area contributed by atoms with Crippen LogP contribution in [0.15, 0.2) is 24.3 Å². The fraction of sp³-hybridized carbons (Fsp3) is 0.533. The summed E-state index contributed by atoms with van der Waals surface area (Å²) in [7, 11) is 3.97. The van der Waals surface area contributed by atoms with Crippen LogP contribution in [0.3, 0.4) is 0 Å². The van der Waals surface area contributed by atoms with Crippen LogP contribution in [0.4, 0.5) is 5.69 Å². The molecular formula is C15H24N2O3. The highest BCUT2D eigenvalue weighted by Crippen LogP contribution is 2.13. The van der Waals surface area contributed by atoms with E-state index in [0.717, 1.165) is 11.3 Å². The molecule has 0 aliphatic rings. The van der Waals surface area contributed by atoms with Gasteiger partial charge in [0.25, 0.3) is 0 Å². The molecule has 0 aromatic heterocycles. The van der Waals surface area contributed by atoms with Crippen LogP contribution < -0.4 is 4.90 Å². The van der Waals surface area contributed by atoms with E-state index in [2.05, 4.69) is 0 Å². The van der Waals surface area contributed by atoms with Gasteiger partial charge in [0.05, 0.1) is 13.2 Å². The Bertz CT molecular complexity index is 398. The molecule has 0 unspecified atom stereocenters. The number of hydrogen-bond acceptors (Lipinski definition) is 4. The van der Waals surface area contributed by atoms with Gasteiger partial charge in [0.15, 0.2) is 0 Å². The van der Waals surface area contributed by atoms with E-state index in [1.54, 1.807) is 0 Å². The van der Waals surface area contributed by atoms with Crippen molar-refractivity contribution in [1.29, 1.82) is 0 Å². The number of aryl methyl sites for hydroxylation is 1. The zero-order valence-corrected chi connectivity index (χ0v) is 12.2. The summed E-state index contributed by atoms with van der Waals surface area (Å²) in [5, 5.41) is 17.8. The van der Waals surface area contributed by atoms with Gasteiger partial charge in [-0.15, -0.1) is 0 Å². The molecule has 2 N–H and O–H groups in total. The van der Waals surface area contributed by atoms with Crippen molar-refractivity contribution in [2.45, 2.75) is 12.8 Å². The van der Waals surface area contributed by atoms with Crippen LogP contribution >= 0.6 is 0 Å². The molecule has 0 aliphatic carbocycles. The first-order valence-electron chi connectivity index (χ1n) is 6.84. The average molecular weight is 280 g/mol. The van der Waals surface area contributed by atoms with Crippen molar-refractivity contribution < 1.29 is 15.0 Å². The first-order chi connectivity index (χ1) is 9.58. The van der Waals surface area contributed by atoms with Crippen molar-refractivity contribution in [1.82, 2.24) is 4.90 Å².